The number of nitrogens with one attached hydrogen (secondary N) is 1. The first-order chi connectivity index (χ1) is 8.43. The van der Waals surface area contributed by atoms with Gasteiger partial charge in [0, 0.05) is 32.4 Å². The van der Waals surface area contributed by atoms with Gasteiger partial charge in [0.15, 0.2) is 0 Å². The highest BCUT2D eigenvalue weighted by atomic mass is 35.5. The van der Waals surface area contributed by atoms with Crippen molar-refractivity contribution in [2.24, 2.45) is 0 Å². The summed E-state index contributed by atoms with van der Waals surface area (Å²) >= 11 is 1.63. The van der Waals surface area contributed by atoms with Crippen LogP contribution in [0.1, 0.15) is 0 Å². The molecule has 3 rings (SSSR count). The minimum absolute atomic E-state index is 0. The number of hydrogen-bond acceptors (Lipinski definition) is 5. The predicted molar refractivity (Wildman–Crippen MR) is 77.7 cm³/mol. The second kappa shape index (κ2) is 6.13. The zero-order chi connectivity index (χ0) is 11.5. The van der Waals surface area contributed by atoms with Gasteiger partial charge in [-0.1, -0.05) is 6.07 Å². The van der Waals surface area contributed by atoms with E-state index in [0.29, 0.717) is 0 Å². The van der Waals surface area contributed by atoms with Crippen LogP contribution in [-0.2, 0) is 0 Å². The van der Waals surface area contributed by atoms with Gasteiger partial charge >= 0.3 is 0 Å². The van der Waals surface area contributed by atoms with Crippen LogP contribution < -0.4 is 10.2 Å². The largest absolute Gasteiger partial charge is 0.354 e. The van der Waals surface area contributed by atoms with Crippen LogP contribution >= 0.6 is 23.7 Å². The number of halogens is 1. The highest BCUT2D eigenvalue weighted by Crippen LogP contribution is 2.23. The number of pyridine rings is 1. The molecule has 18 heavy (non-hydrogen) atoms. The average Bonchev–Trinajstić information content (AvgIpc) is 2.94. The zero-order valence-electron chi connectivity index (χ0n) is 9.87. The summed E-state index contributed by atoms with van der Waals surface area (Å²) in [5.74, 6) is 1.07. The lowest BCUT2D eigenvalue weighted by Gasteiger charge is -2.28. The molecule has 0 unspecified atom stereocenters. The Kier molecular flexibility index (Phi) is 4.52. The van der Waals surface area contributed by atoms with Crippen LogP contribution in [0.5, 0.6) is 0 Å². The fraction of sp³-hybridized carbons (Fsp3) is 0.333. The highest BCUT2D eigenvalue weighted by Gasteiger charge is 2.12. The molecule has 0 atom stereocenters. The van der Waals surface area contributed by atoms with Crippen molar-refractivity contribution in [2.75, 3.05) is 31.1 Å². The monoisotopic (exact) mass is 282 g/mol. The van der Waals surface area contributed by atoms with E-state index in [1.54, 1.807) is 11.3 Å². The molecule has 0 aliphatic carbocycles. The molecule has 2 aromatic heterocycles. The molecule has 1 fully saturated rings. The molecule has 0 bridgehead atoms. The lowest BCUT2D eigenvalue weighted by atomic mass is 10.3. The molecular weight excluding hydrogens is 268 g/mol. The van der Waals surface area contributed by atoms with Crippen LogP contribution in [0.15, 0.2) is 29.9 Å². The predicted octanol–water partition coefficient (Wildman–Crippen LogP) is 2.04. The lowest BCUT2D eigenvalue weighted by molar-refractivity contribution is 0.585. The molecule has 1 aliphatic rings. The number of nitrogens with zero attached hydrogens (tertiary/aromatic N) is 3. The molecule has 0 radical (unpaired) electrons. The van der Waals surface area contributed by atoms with Gasteiger partial charge in [-0.15, -0.1) is 23.7 Å². The first-order valence-electron chi connectivity index (χ1n) is 5.75. The molecule has 0 saturated carbocycles. The van der Waals surface area contributed by atoms with Gasteiger partial charge in [0.05, 0.1) is 16.1 Å². The molecule has 0 spiro atoms. The number of hydrogen-bond donors (Lipinski definition) is 1. The van der Waals surface area contributed by atoms with E-state index in [-0.39, 0.29) is 12.4 Å². The Balaban J connectivity index is 0.00000120. The Morgan fingerprint density at radius 1 is 1.22 bits per heavy atom. The molecule has 0 amide bonds. The van der Waals surface area contributed by atoms with Gasteiger partial charge in [-0.3, -0.25) is 4.98 Å². The second-order valence-electron chi connectivity index (χ2n) is 3.98. The molecule has 1 aliphatic heterocycles. The van der Waals surface area contributed by atoms with Crippen molar-refractivity contribution in [3.63, 3.8) is 0 Å². The number of aromatic nitrogens is 2. The van der Waals surface area contributed by atoms with E-state index in [0.717, 1.165) is 42.6 Å². The van der Waals surface area contributed by atoms with Crippen molar-refractivity contribution in [3.8, 4) is 10.6 Å². The SMILES string of the molecule is Cl.c1cc(-c2cncs2)nc(N2CCNCC2)c1. The third-order valence-corrected chi connectivity index (χ3v) is 3.66. The summed E-state index contributed by atoms with van der Waals surface area (Å²) in [5.41, 5.74) is 2.86. The lowest BCUT2D eigenvalue weighted by Crippen LogP contribution is -2.43. The molecule has 1 saturated heterocycles. The minimum Gasteiger partial charge on any atom is -0.354 e. The molecule has 4 nitrogen and oxygen atoms in total. The van der Waals surface area contributed by atoms with Crippen molar-refractivity contribution >= 4 is 29.6 Å². The topological polar surface area (TPSA) is 41.1 Å². The average molecular weight is 283 g/mol. The fourth-order valence-electron chi connectivity index (χ4n) is 1.97. The van der Waals surface area contributed by atoms with Crippen molar-refractivity contribution in [2.45, 2.75) is 0 Å². The van der Waals surface area contributed by atoms with Crippen molar-refractivity contribution in [3.05, 3.63) is 29.9 Å². The number of anilines is 1. The standard InChI is InChI=1S/C12H14N4S.ClH/c1-2-10(11-8-14-9-17-11)15-12(3-1)16-6-4-13-5-7-16;/h1-3,8-9,13H,4-7H2;1H. The number of thiazole rings is 1. The summed E-state index contributed by atoms with van der Waals surface area (Å²) in [7, 11) is 0. The van der Waals surface area contributed by atoms with E-state index in [4.69, 9.17) is 4.98 Å². The molecule has 1 N–H and O–H groups in total. The van der Waals surface area contributed by atoms with E-state index in [1.807, 2.05) is 17.8 Å². The first-order valence-corrected chi connectivity index (χ1v) is 6.63. The van der Waals surface area contributed by atoms with Gasteiger partial charge in [-0.2, -0.15) is 0 Å². The fourth-order valence-corrected chi connectivity index (χ4v) is 2.56. The summed E-state index contributed by atoms with van der Waals surface area (Å²) in [6.07, 6.45) is 1.87. The maximum atomic E-state index is 4.71. The van der Waals surface area contributed by atoms with Gasteiger partial charge in [0.25, 0.3) is 0 Å². The molecule has 2 aromatic rings. The summed E-state index contributed by atoms with van der Waals surface area (Å²) in [6, 6.07) is 6.19. The van der Waals surface area contributed by atoms with Crippen LogP contribution in [0, 0.1) is 0 Å². The van der Waals surface area contributed by atoms with Crippen LogP contribution in [0.25, 0.3) is 10.6 Å². The molecule has 0 aromatic carbocycles. The molecular formula is C12H15ClN4S. The van der Waals surface area contributed by atoms with Crippen molar-refractivity contribution in [1.29, 1.82) is 0 Å². The quantitative estimate of drug-likeness (QED) is 0.915. The van der Waals surface area contributed by atoms with Crippen LogP contribution in [0.2, 0.25) is 0 Å². The minimum atomic E-state index is 0. The maximum Gasteiger partial charge on any atom is 0.129 e. The van der Waals surface area contributed by atoms with Gasteiger partial charge in [-0.25, -0.2) is 4.98 Å². The van der Waals surface area contributed by atoms with E-state index in [9.17, 15) is 0 Å². The van der Waals surface area contributed by atoms with Crippen LogP contribution in [0.4, 0.5) is 5.82 Å². The van der Waals surface area contributed by atoms with Crippen molar-refractivity contribution in [1.82, 2.24) is 15.3 Å². The maximum absolute atomic E-state index is 4.71. The Labute approximate surface area is 116 Å². The smallest absolute Gasteiger partial charge is 0.129 e. The van der Waals surface area contributed by atoms with Crippen LogP contribution in [-0.4, -0.2) is 36.1 Å². The molecule has 96 valence electrons. The number of rotatable bonds is 2. The second-order valence-corrected chi connectivity index (χ2v) is 4.87. The normalized spacial score (nSPS) is 15.2. The third-order valence-electron chi connectivity index (χ3n) is 2.86. The number of piperazine rings is 1. The summed E-state index contributed by atoms with van der Waals surface area (Å²) in [5, 5.41) is 3.35. The van der Waals surface area contributed by atoms with Gasteiger partial charge in [-0.05, 0) is 12.1 Å². The van der Waals surface area contributed by atoms with E-state index >= 15 is 0 Å². The third kappa shape index (κ3) is 2.80. The first kappa shape index (κ1) is 13.3. The molecule has 6 heteroatoms. The Bertz CT molecular complexity index is 483. The summed E-state index contributed by atoms with van der Waals surface area (Å²) in [6.45, 7) is 4.12. The van der Waals surface area contributed by atoms with Crippen LogP contribution in [0.3, 0.4) is 0 Å². The van der Waals surface area contributed by atoms with Gasteiger partial charge < -0.3 is 10.2 Å². The zero-order valence-corrected chi connectivity index (χ0v) is 11.5. The van der Waals surface area contributed by atoms with E-state index in [2.05, 4.69) is 27.3 Å². The van der Waals surface area contributed by atoms with Gasteiger partial charge in [0.1, 0.15) is 5.82 Å². The van der Waals surface area contributed by atoms with Gasteiger partial charge in [0.2, 0.25) is 0 Å². The Morgan fingerprint density at radius 2 is 2.06 bits per heavy atom. The summed E-state index contributed by atoms with van der Waals surface area (Å²) < 4.78 is 0. The highest BCUT2D eigenvalue weighted by molar-refractivity contribution is 7.13. The summed E-state index contributed by atoms with van der Waals surface area (Å²) in [4.78, 5) is 12.3. The van der Waals surface area contributed by atoms with E-state index in [1.165, 1.54) is 0 Å². The molecule has 3 heterocycles. The van der Waals surface area contributed by atoms with Crippen molar-refractivity contribution < 1.29 is 0 Å². The van der Waals surface area contributed by atoms with E-state index < -0.39 is 0 Å². The Hall–Kier alpha value is -1.17. The Morgan fingerprint density at radius 3 is 2.78 bits per heavy atom.